The maximum Gasteiger partial charge on any atom is 0.219 e. The number of ether oxygens (including phenoxy) is 1. The van der Waals surface area contributed by atoms with E-state index in [0.717, 1.165) is 60.7 Å². The van der Waals surface area contributed by atoms with E-state index in [9.17, 15) is 14.4 Å². The molecular weight excluding hydrogens is 432 g/mol. The predicted molar refractivity (Wildman–Crippen MR) is 128 cm³/mol. The maximum absolute atomic E-state index is 12.5. The van der Waals surface area contributed by atoms with Crippen LogP contribution in [0, 0.1) is 5.92 Å². The quantitative estimate of drug-likeness (QED) is 0.386. The molecule has 1 atom stereocenters. The number of rotatable bonds is 6. The van der Waals surface area contributed by atoms with Crippen LogP contribution in [0.5, 0.6) is 5.75 Å². The van der Waals surface area contributed by atoms with Gasteiger partial charge in [0.25, 0.3) is 0 Å². The van der Waals surface area contributed by atoms with Gasteiger partial charge in [0.2, 0.25) is 5.91 Å². The first kappa shape index (κ1) is 22.6. The maximum atomic E-state index is 12.5. The van der Waals surface area contributed by atoms with Crippen molar-refractivity contribution in [2.24, 2.45) is 5.92 Å². The van der Waals surface area contributed by atoms with Gasteiger partial charge in [0.15, 0.2) is 5.58 Å². The number of aromatic nitrogens is 1. The van der Waals surface area contributed by atoms with Crippen molar-refractivity contribution in [3.05, 3.63) is 36.0 Å². The van der Waals surface area contributed by atoms with Crippen molar-refractivity contribution in [3.8, 4) is 5.75 Å². The van der Waals surface area contributed by atoms with E-state index in [-0.39, 0.29) is 29.8 Å². The molecule has 0 bridgehead atoms. The molecule has 1 aromatic heterocycles. The van der Waals surface area contributed by atoms with Crippen molar-refractivity contribution < 1.29 is 23.6 Å². The van der Waals surface area contributed by atoms with Crippen LogP contribution in [-0.4, -0.2) is 47.2 Å². The standard InChI is InChI=1S/C27H30N2O5/c1-17(30)29-12-10-18(11-13-29)3-2-14-33-21-6-8-22-19(15-21)4-9-25-26(22)27(28-34-25)23-7-5-20(31)16-24(23)32/h4,6,8-9,15,18,23H,2-3,5,7,10-14,16H2,1H3/t23-/m0/s1. The minimum absolute atomic E-state index is 0.00205. The van der Waals surface area contributed by atoms with E-state index in [1.807, 2.05) is 35.2 Å². The average molecular weight is 463 g/mol. The number of hydrogen-bond acceptors (Lipinski definition) is 6. The van der Waals surface area contributed by atoms with Crippen molar-refractivity contribution in [2.75, 3.05) is 19.7 Å². The van der Waals surface area contributed by atoms with Crippen molar-refractivity contribution in [2.45, 2.75) is 57.8 Å². The third kappa shape index (κ3) is 4.56. The molecule has 0 radical (unpaired) electrons. The first-order valence-electron chi connectivity index (χ1n) is 12.2. The number of Topliss-reactive ketones (excluding diaryl/α,β-unsaturated/α-hetero) is 2. The molecule has 2 heterocycles. The highest BCUT2D eigenvalue weighted by Crippen LogP contribution is 2.37. The summed E-state index contributed by atoms with van der Waals surface area (Å²) in [7, 11) is 0. The van der Waals surface area contributed by atoms with Gasteiger partial charge < -0.3 is 14.2 Å². The number of ketones is 2. The highest BCUT2D eigenvalue weighted by Gasteiger charge is 2.32. The zero-order valence-electron chi connectivity index (χ0n) is 19.5. The Morgan fingerprint density at radius 3 is 2.74 bits per heavy atom. The number of hydrogen-bond donors (Lipinski definition) is 0. The molecular formula is C27H30N2O5. The Hall–Kier alpha value is -3.22. The Balaban J connectivity index is 1.24. The number of fused-ring (bicyclic) bond motifs is 3. The van der Waals surface area contributed by atoms with E-state index < -0.39 is 0 Å². The van der Waals surface area contributed by atoms with Gasteiger partial charge in [-0.2, -0.15) is 0 Å². The third-order valence-corrected chi connectivity index (χ3v) is 7.34. The minimum Gasteiger partial charge on any atom is -0.494 e. The number of benzene rings is 2. The zero-order chi connectivity index (χ0) is 23.7. The summed E-state index contributed by atoms with van der Waals surface area (Å²) < 4.78 is 11.6. The van der Waals surface area contributed by atoms with Gasteiger partial charge in [-0.15, -0.1) is 0 Å². The fourth-order valence-electron chi connectivity index (χ4n) is 5.36. The molecule has 2 aliphatic rings. The lowest BCUT2D eigenvalue weighted by Gasteiger charge is -2.31. The highest BCUT2D eigenvalue weighted by molar-refractivity contribution is 6.11. The van der Waals surface area contributed by atoms with Crippen LogP contribution >= 0.6 is 0 Å². The molecule has 0 spiro atoms. The number of nitrogens with zero attached hydrogens (tertiary/aromatic N) is 2. The Morgan fingerprint density at radius 2 is 1.97 bits per heavy atom. The van der Waals surface area contributed by atoms with Crippen LogP contribution in [0.4, 0.5) is 0 Å². The lowest BCUT2D eigenvalue weighted by Crippen LogP contribution is -2.37. The summed E-state index contributed by atoms with van der Waals surface area (Å²) in [5.41, 5.74) is 1.29. The molecule has 5 rings (SSSR count). The molecule has 2 fully saturated rings. The first-order chi connectivity index (χ1) is 16.5. The number of likely N-dealkylation sites (tertiary alicyclic amines) is 1. The summed E-state index contributed by atoms with van der Waals surface area (Å²) in [5.74, 6) is 1.19. The fourth-order valence-corrected chi connectivity index (χ4v) is 5.36. The highest BCUT2D eigenvalue weighted by atomic mass is 16.5. The van der Waals surface area contributed by atoms with E-state index >= 15 is 0 Å². The van der Waals surface area contributed by atoms with Crippen molar-refractivity contribution >= 4 is 39.2 Å². The molecule has 1 aliphatic carbocycles. The van der Waals surface area contributed by atoms with Gasteiger partial charge in [0, 0.05) is 26.4 Å². The molecule has 7 heteroatoms. The molecule has 0 N–H and O–H groups in total. The number of piperidine rings is 1. The lowest BCUT2D eigenvalue weighted by molar-refractivity contribution is -0.131. The molecule has 1 saturated heterocycles. The van der Waals surface area contributed by atoms with E-state index in [1.165, 1.54) is 0 Å². The van der Waals surface area contributed by atoms with E-state index in [4.69, 9.17) is 9.26 Å². The van der Waals surface area contributed by atoms with Crippen molar-refractivity contribution in [3.63, 3.8) is 0 Å². The summed E-state index contributed by atoms with van der Waals surface area (Å²) in [6.45, 7) is 4.04. The van der Waals surface area contributed by atoms with E-state index in [2.05, 4.69) is 5.16 Å². The van der Waals surface area contributed by atoms with Crippen LogP contribution in [-0.2, 0) is 14.4 Å². The average Bonchev–Trinajstić information content (AvgIpc) is 3.26. The second-order valence-electron chi connectivity index (χ2n) is 9.60. The molecule has 1 aliphatic heterocycles. The summed E-state index contributed by atoms with van der Waals surface area (Å²) in [6.07, 6.45) is 5.13. The summed E-state index contributed by atoms with van der Waals surface area (Å²) >= 11 is 0. The van der Waals surface area contributed by atoms with E-state index in [1.54, 1.807) is 6.92 Å². The topological polar surface area (TPSA) is 89.7 Å². The molecule has 3 aromatic rings. The Kier molecular flexibility index (Phi) is 6.35. The van der Waals surface area contributed by atoms with Crippen LogP contribution in [0.2, 0.25) is 0 Å². The smallest absolute Gasteiger partial charge is 0.219 e. The minimum atomic E-state index is -0.386. The molecule has 178 valence electrons. The van der Waals surface area contributed by atoms with Gasteiger partial charge in [0.05, 0.1) is 24.3 Å². The van der Waals surface area contributed by atoms with Gasteiger partial charge in [0.1, 0.15) is 23.0 Å². The van der Waals surface area contributed by atoms with Crippen molar-refractivity contribution in [1.82, 2.24) is 10.1 Å². The van der Waals surface area contributed by atoms with Gasteiger partial charge in [-0.05, 0) is 73.1 Å². The van der Waals surface area contributed by atoms with Crippen LogP contribution < -0.4 is 4.74 Å². The number of carbonyl (C=O) groups excluding carboxylic acids is 3. The normalized spacial score (nSPS) is 19.8. The Labute approximate surface area is 198 Å². The van der Waals surface area contributed by atoms with Gasteiger partial charge >= 0.3 is 0 Å². The summed E-state index contributed by atoms with van der Waals surface area (Å²) in [5, 5.41) is 7.06. The molecule has 1 amide bonds. The second kappa shape index (κ2) is 9.57. The number of amides is 1. The Bertz CT molecular complexity index is 1240. The van der Waals surface area contributed by atoms with Crippen LogP contribution in [0.3, 0.4) is 0 Å². The van der Waals surface area contributed by atoms with Gasteiger partial charge in [-0.3, -0.25) is 14.4 Å². The zero-order valence-corrected chi connectivity index (χ0v) is 19.5. The monoisotopic (exact) mass is 462 g/mol. The molecule has 2 aromatic carbocycles. The van der Waals surface area contributed by atoms with E-state index in [0.29, 0.717) is 36.6 Å². The molecule has 34 heavy (non-hydrogen) atoms. The van der Waals surface area contributed by atoms with Crippen LogP contribution in [0.15, 0.2) is 34.9 Å². The fraction of sp³-hybridized carbons (Fsp3) is 0.481. The Morgan fingerprint density at radius 1 is 1.15 bits per heavy atom. The first-order valence-corrected chi connectivity index (χ1v) is 12.2. The summed E-state index contributed by atoms with van der Waals surface area (Å²) in [6, 6.07) is 9.83. The summed E-state index contributed by atoms with van der Waals surface area (Å²) in [4.78, 5) is 37.6. The van der Waals surface area contributed by atoms with Gasteiger partial charge in [-0.25, -0.2) is 0 Å². The van der Waals surface area contributed by atoms with Gasteiger partial charge in [-0.1, -0.05) is 11.2 Å². The third-order valence-electron chi connectivity index (χ3n) is 7.34. The largest absolute Gasteiger partial charge is 0.494 e. The number of carbonyl (C=O) groups is 3. The predicted octanol–water partition coefficient (Wildman–Crippen LogP) is 4.80. The molecule has 1 saturated carbocycles. The second-order valence-corrected chi connectivity index (χ2v) is 9.60. The van der Waals surface area contributed by atoms with Crippen LogP contribution in [0.25, 0.3) is 21.7 Å². The molecule has 0 unspecified atom stereocenters. The van der Waals surface area contributed by atoms with Crippen molar-refractivity contribution in [1.29, 1.82) is 0 Å². The lowest BCUT2D eigenvalue weighted by atomic mass is 9.83. The SMILES string of the molecule is CC(=O)N1CCC(CCCOc2ccc3c(ccc4onc([C@H]5CCC(=O)CC5=O)c43)c2)CC1. The molecule has 7 nitrogen and oxygen atoms in total. The van der Waals surface area contributed by atoms with Crippen LogP contribution in [0.1, 0.15) is 63.5 Å².